The molecular weight excluding hydrogens is 186 g/mol. The topological polar surface area (TPSA) is 35.2 Å². The molecule has 1 aromatic rings. The largest absolute Gasteiger partial charge is 0.494 e. The maximum Gasteiger partial charge on any atom is 0.119 e. The molecule has 2 N–H and O–H groups in total. The Kier molecular flexibility index (Phi) is 4.91. The fourth-order valence-electron chi connectivity index (χ4n) is 1.29. The van der Waals surface area contributed by atoms with Crippen LogP contribution in [0.2, 0.25) is 0 Å². The fraction of sp³-hybridized carbons (Fsp3) is 0.385. The van der Waals surface area contributed by atoms with Gasteiger partial charge in [-0.2, -0.15) is 0 Å². The number of rotatable bonds is 6. The second kappa shape index (κ2) is 6.25. The van der Waals surface area contributed by atoms with E-state index in [4.69, 9.17) is 10.5 Å². The maximum atomic E-state index is 5.75. The zero-order valence-electron chi connectivity index (χ0n) is 9.28. The lowest BCUT2D eigenvalue weighted by Crippen LogP contribution is -2.04. The Morgan fingerprint density at radius 1 is 1.40 bits per heavy atom. The van der Waals surface area contributed by atoms with Gasteiger partial charge in [0.25, 0.3) is 0 Å². The Labute approximate surface area is 91.7 Å². The van der Waals surface area contributed by atoms with Gasteiger partial charge in [0.1, 0.15) is 5.75 Å². The zero-order chi connectivity index (χ0) is 11.1. The predicted molar refractivity (Wildman–Crippen MR) is 64.0 cm³/mol. The van der Waals surface area contributed by atoms with Crippen molar-refractivity contribution in [1.82, 2.24) is 0 Å². The summed E-state index contributed by atoms with van der Waals surface area (Å²) in [4.78, 5) is 0. The molecule has 1 rings (SSSR count). The lowest BCUT2D eigenvalue weighted by molar-refractivity contribution is 0.312. The van der Waals surface area contributed by atoms with E-state index in [0.29, 0.717) is 0 Å². The molecule has 0 radical (unpaired) electrons. The lowest BCUT2D eigenvalue weighted by atomic mass is 10.1. The summed E-state index contributed by atoms with van der Waals surface area (Å²) < 4.78 is 5.55. The minimum atomic E-state index is 0.0832. The second-order valence-electron chi connectivity index (χ2n) is 3.64. The molecule has 0 bridgehead atoms. The Morgan fingerprint density at radius 3 is 2.60 bits per heavy atom. The molecule has 0 saturated carbocycles. The van der Waals surface area contributed by atoms with Crippen molar-refractivity contribution in [3.05, 3.63) is 42.5 Å². The molecule has 0 fully saturated rings. The summed E-state index contributed by atoms with van der Waals surface area (Å²) >= 11 is 0. The average Bonchev–Trinajstić information content (AvgIpc) is 2.25. The molecule has 2 heteroatoms. The Balaban J connectivity index is 2.39. The minimum absolute atomic E-state index is 0.0832. The van der Waals surface area contributed by atoms with Crippen molar-refractivity contribution in [3.63, 3.8) is 0 Å². The highest BCUT2D eigenvalue weighted by molar-refractivity contribution is 5.28. The zero-order valence-corrected chi connectivity index (χ0v) is 9.28. The van der Waals surface area contributed by atoms with Crippen molar-refractivity contribution in [2.45, 2.75) is 25.8 Å². The summed E-state index contributed by atoms with van der Waals surface area (Å²) in [7, 11) is 0. The van der Waals surface area contributed by atoms with Crippen LogP contribution in [0.4, 0.5) is 0 Å². The normalized spacial score (nSPS) is 12.1. The van der Waals surface area contributed by atoms with E-state index in [1.165, 1.54) is 0 Å². The van der Waals surface area contributed by atoms with Crippen molar-refractivity contribution in [1.29, 1.82) is 0 Å². The van der Waals surface area contributed by atoms with Crippen LogP contribution < -0.4 is 10.5 Å². The van der Waals surface area contributed by atoms with Crippen molar-refractivity contribution < 1.29 is 4.74 Å². The van der Waals surface area contributed by atoms with Crippen LogP contribution in [0.25, 0.3) is 0 Å². The standard InChI is InChI=1S/C13H19NO/c1-3-4-5-10-15-13-8-6-12(7-9-13)11(2)14/h3,6-9,11H,1,4-5,10,14H2,2H3/t11-/m1/s1. The minimum Gasteiger partial charge on any atom is -0.494 e. The van der Waals surface area contributed by atoms with E-state index < -0.39 is 0 Å². The lowest BCUT2D eigenvalue weighted by Gasteiger charge is -2.08. The smallest absolute Gasteiger partial charge is 0.119 e. The van der Waals surface area contributed by atoms with Gasteiger partial charge in [0.2, 0.25) is 0 Å². The number of hydrogen-bond acceptors (Lipinski definition) is 2. The highest BCUT2D eigenvalue weighted by Crippen LogP contribution is 2.16. The summed E-state index contributed by atoms with van der Waals surface area (Å²) in [5.41, 5.74) is 6.88. The van der Waals surface area contributed by atoms with Crippen LogP contribution in [0, 0.1) is 0 Å². The second-order valence-corrected chi connectivity index (χ2v) is 3.64. The highest BCUT2D eigenvalue weighted by Gasteiger charge is 1.99. The highest BCUT2D eigenvalue weighted by atomic mass is 16.5. The van der Waals surface area contributed by atoms with Crippen LogP contribution in [0.15, 0.2) is 36.9 Å². The molecule has 0 aromatic heterocycles. The summed E-state index contributed by atoms with van der Waals surface area (Å²) in [5.74, 6) is 0.906. The maximum absolute atomic E-state index is 5.75. The fourth-order valence-corrected chi connectivity index (χ4v) is 1.29. The number of ether oxygens (including phenoxy) is 1. The Bertz CT molecular complexity index is 290. The van der Waals surface area contributed by atoms with Crippen molar-refractivity contribution in [2.75, 3.05) is 6.61 Å². The van der Waals surface area contributed by atoms with Gasteiger partial charge in [-0.25, -0.2) is 0 Å². The molecule has 0 amide bonds. The SMILES string of the molecule is C=CCCCOc1ccc([C@@H](C)N)cc1. The number of hydrogen-bond donors (Lipinski definition) is 1. The molecular formula is C13H19NO. The number of allylic oxidation sites excluding steroid dienone is 1. The first kappa shape index (κ1) is 11.8. The quantitative estimate of drug-likeness (QED) is 0.572. The molecule has 0 aliphatic heterocycles. The van der Waals surface area contributed by atoms with Gasteiger partial charge in [-0.1, -0.05) is 18.2 Å². The Morgan fingerprint density at radius 2 is 2.07 bits per heavy atom. The number of unbranched alkanes of at least 4 members (excludes halogenated alkanes) is 1. The van der Waals surface area contributed by atoms with Gasteiger partial charge in [-0.3, -0.25) is 0 Å². The van der Waals surface area contributed by atoms with Crippen molar-refractivity contribution in [2.24, 2.45) is 5.73 Å². The van der Waals surface area contributed by atoms with Gasteiger partial charge in [0, 0.05) is 6.04 Å². The molecule has 0 aliphatic carbocycles. The number of nitrogens with two attached hydrogens (primary N) is 1. The van der Waals surface area contributed by atoms with E-state index in [9.17, 15) is 0 Å². The molecule has 1 aromatic carbocycles. The Hall–Kier alpha value is -1.28. The van der Waals surface area contributed by atoms with E-state index >= 15 is 0 Å². The molecule has 1 atom stereocenters. The first-order valence-electron chi connectivity index (χ1n) is 5.33. The third-order valence-corrected chi connectivity index (χ3v) is 2.23. The summed E-state index contributed by atoms with van der Waals surface area (Å²) in [6, 6.07) is 8.03. The van der Waals surface area contributed by atoms with Crippen molar-refractivity contribution >= 4 is 0 Å². The van der Waals surface area contributed by atoms with Gasteiger partial charge in [-0.15, -0.1) is 6.58 Å². The summed E-state index contributed by atoms with van der Waals surface area (Å²) in [6.07, 6.45) is 3.92. The molecule has 82 valence electrons. The molecule has 0 spiro atoms. The third-order valence-electron chi connectivity index (χ3n) is 2.23. The molecule has 2 nitrogen and oxygen atoms in total. The van der Waals surface area contributed by atoms with E-state index in [2.05, 4.69) is 6.58 Å². The van der Waals surface area contributed by atoms with Crippen LogP contribution in [0.3, 0.4) is 0 Å². The van der Waals surface area contributed by atoms with Gasteiger partial charge < -0.3 is 10.5 Å². The molecule has 0 heterocycles. The average molecular weight is 205 g/mol. The van der Waals surface area contributed by atoms with Gasteiger partial charge in [0.15, 0.2) is 0 Å². The third kappa shape index (κ3) is 4.17. The van der Waals surface area contributed by atoms with Gasteiger partial charge in [-0.05, 0) is 37.5 Å². The van der Waals surface area contributed by atoms with Crippen LogP contribution in [-0.2, 0) is 0 Å². The summed E-state index contributed by atoms with van der Waals surface area (Å²) in [6.45, 7) is 6.38. The van der Waals surface area contributed by atoms with Crippen LogP contribution in [0.5, 0.6) is 5.75 Å². The number of benzene rings is 1. The van der Waals surface area contributed by atoms with Gasteiger partial charge >= 0.3 is 0 Å². The molecule has 0 aliphatic rings. The van der Waals surface area contributed by atoms with E-state index in [-0.39, 0.29) is 6.04 Å². The van der Waals surface area contributed by atoms with Crippen LogP contribution >= 0.6 is 0 Å². The van der Waals surface area contributed by atoms with E-state index in [1.54, 1.807) is 0 Å². The van der Waals surface area contributed by atoms with Crippen LogP contribution in [0.1, 0.15) is 31.4 Å². The van der Waals surface area contributed by atoms with E-state index in [1.807, 2.05) is 37.3 Å². The van der Waals surface area contributed by atoms with Gasteiger partial charge in [0.05, 0.1) is 6.61 Å². The van der Waals surface area contributed by atoms with Crippen molar-refractivity contribution in [3.8, 4) is 5.75 Å². The van der Waals surface area contributed by atoms with Crippen LogP contribution in [-0.4, -0.2) is 6.61 Å². The monoisotopic (exact) mass is 205 g/mol. The predicted octanol–water partition coefficient (Wildman–Crippen LogP) is 3.05. The molecule has 0 unspecified atom stereocenters. The molecule has 0 saturated heterocycles. The first-order chi connectivity index (χ1) is 7.24. The molecule has 15 heavy (non-hydrogen) atoms. The first-order valence-corrected chi connectivity index (χ1v) is 5.33. The van der Waals surface area contributed by atoms with E-state index in [0.717, 1.165) is 30.8 Å². The summed E-state index contributed by atoms with van der Waals surface area (Å²) in [5, 5.41) is 0.